The highest BCUT2D eigenvalue weighted by molar-refractivity contribution is 7.99. The van der Waals surface area contributed by atoms with Gasteiger partial charge in [0.25, 0.3) is 0 Å². The lowest BCUT2D eigenvalue weighted by molar-refractivity contribution is 0.0776. The molecule has 0 spiro atoms. The van der Waals surface area contributed by atoms with Gasteiger partial charge in [0.15, 0.2) is 5.96 Å². The molecule has 1 unspecified atom stereocenters. The van der Waals surface area contributed by atoms with Gasteiger partial charge < -0.3 is 19.7 Å². The molecule has 0 radical (unpaired) electrons. The average molecular weight is 347 g/mol. The summed E-state index contributed by atoms with van der Waals surface area (Å²) in [6.07, 6.45) is 0.813. The minimum atomic E-state index is -0.661. The van der Waals surface area contributed by atoms with Gasteiger partial charge >= 0.3 is 0 Å². The maximum absolute atomic E-state index is 10.5. The number of para-hydroxylation sites is 1. The molecule has 3 rings (SSSR count). The lowest BCUT2D eigenvalue weighted by atomic mass is 10.1. The zero-order valence-corrected chi connectivity index (χ0v) is 15.1. The summed E-state index contributed by atoms with van der Waals surface area (Å²) in [6, 6.07) is 10.1. The van der Waals surface area contributed by atoms with Crippen LogP contribution in [0.3, 0.4) is 0 Å². The minimum absolute atomic E-state index is 0.437. The van der Waals surface area contributed by atoms with E-state index in [0.717, 1.165) is 47.2 Å². The van der Waals surface area contributed by atoms with E-state index in [1.807, 2.05) is 37.1 Å². The molecule has 6 heteroatoms. The number of furan rings is 1. The van der Waals surface area contributed by atoms with E-state index in [-0.39, 0.29) is 0 Å². The Balaban J connectivity index is 1.70. The molecule has 2 heterocycles. The van der Waals surface area contributed by atoms with E-state index in [9.17, 15) is 5.11 Å². The summed E-state index contributed by atoms with van der Waals surface area (Å²) in [5, 5.41) is 14.9. The fourth-order valence-electron chi connectivity index (χ4n) is 2.84. The van der Waals surface area contributed by atoms with Crippen molar-refractivity contribution in [3.63, 3.8) is 0 Å². The molecule has 1 aliphatic heterocycles. The van der Waals surface area contributed by atoms with E-state index in [0.29, 0.717) is 13.1 Å². The summed E-state index contributed by atoms with van der Waals surface area (Å²) in [4.78, 5) is 6.68. The normalized spacial score (nSPS) is 21.4. The van der Waals surface area contributed by atoms with Crippen LogP contribution in [0.2, 0.25) is 0 Å². The molecule has 2 aromatic rings. The molecule has 1 saturated heterocycles. The third-order valence-electron chi connectivity index (χ3n) is 4.17. The molecular formula is C18H25N3O2S. The molecule has 130 valence electrons. The van der Waals surface area contributed by atoms with Crippen molar-refractivity contribution in [3.05, 3.63) is 36.1 Å². The Kier molecular flexibility index (Phi) is 5.36. The first-order valence-electron chi connectivity index (χ1n) is 8.37. The lowest BCUT2D eigenvalue weighted by Crippen LogP contribution is -2.40. The number of nitrogens with zero attached hydrogens (tertiary/aromatic N) is 2. The van der Waals surface area contributed by atoms with E-state index in [1.54, 1.807) is 11.8 Å². The summed E-state index contributed by atoms with van der Waals surface area (Å²) < 4.78 is 5.89. The van der Waals surface area contributed by atoms with E-state index in [1.165, 1.54) is 0 Å². The van der Waals surface area contributed by atoms with Gasteiger partial charge in [-0.15, -0.1) is 0 Å². The highest BCUT2D eigenvalue weighted by Gasteiger charge is 2.31. The van der Waals surface area contributed by atoms with E-state index < -0.39 is 5.60 Å². The van der Waals surface area contributed by atoms with Crippen molar-refractivity contribution < 1.29 is 9.52 Å². The van der Waals surface area contributed by atoms with Gasteiger partial charge in [0.2, 0.25) is 0 Å². The second kappa shape index (κ2) is 7.49. The third kappa shape index (κ3) is 4.05. The zero-order valence-electron chi connectivity index (χ0n) is 14.3. The number of hydrogen-bond acceptors (Lipinski definition) is 4. The zero-order chi connectivity index (χ0) is 17.0. The SMILES string of the molecule is CCNC(=NCC1(O)CCSC1)N(C)Cc1cc2ccccc2o1. The van der Waals surface area contributed by atoms with Gasteiger partial charge in [-0.1, -0.05) is 18.2 Å². The van der Waals surface area contributed by atoms with E-state index in [4.69, 9.17) is 4.42 Å². The number of benzene rings is 1. The Labute approximate surface area is 147 Å². The molecule has 1 aromatic heterocycles. The minimum Gasteiger partial charge on any atom is -0.459 e. The molecule has 1 aliphatic rings. The van der Waals surface area contributed by atoms with Crippen LogP contribution in [0.1, 0.15) is 19.1 Å². The number of rotatable bonds is 5. The van der Waals surface area contributed by atoms with Crippen LogP contribution in [0.15, 0.2) is 39.7 Å². The first-order valence-corrected chi connectivity index (χ1v) is 9.52. The predicted octanol–water partition coefficient (Wildman–Crippen LogP) is 2.70. The van der Waals surface area contributed by atoms with Crippen molar-refractivity contribution in [2.45, 2.75) is 25.5 Å². The second-order valence-electron chi connectivity index (χ2n) is 6.30. The van der Waals surface area contributed by atoms with Gasteiger partial charge in [-0.25, -0.2) is 0 Å². The maximum atomic E-state index is 10.5. The number of thioether (sulfide) groups is 1. The van der Waals surface area contributed by atoms with Crippen LogP contribution in [0.25, 0.3) is 11.0 Å². The van der Waals surface area contributed by atoms with E-state index in [2.05, 4.69) is 22.4 Å². The number of hydrogen-bond donors (Lipinski definition) is 2. The average Bonchev–Trinajstić information content (AvgIpc) is 3.17. The van der Waals surface area contributed by atoms with Crippen LogP contribution in [-0.2, 0) is 6.54 Å². The van der Waals surface area contributed by atoms with Gasteiger partial charge in [-0.05, 0) is 31.2 Å². The fraction of sp³-hybridized carbons (Fsp3) is 0.500. The third-order valence-corrected chi connectivity index (χ3v) is 5.41. The van der Waals surface area contributed by atoms with Crippen molar-refractivity contribution in [2.75, 3.05) is 31.6 Å². The van der Waals surface area contributed by atoms with E-state index >= 15 is 0 Å². The summed E-state index contributed by atoms with van der Waals surface area (Å²) in [5.41, 5.74) is 0.242. The summed E-state index contributed by atoms with van der Waals surface area (Å²) >= 11 is 1.79. The van der Waals surface area contributed by atoms with Crippen LogP contribution in [0, 0.1) is 0 Å². The molecule has 1 aromatic carbocycles. The van der Waals surface area contributed by atoms with Gasteiger partial charge in [-0.2, -0.15) is 11.8 Å². The highest BCUT2D eigenvalue weighted by Crippen LogP contribution is 2.28. The Morgan fingerprint density at radius 3 is 3.00 bits per heavy atom. The van der Waals surface area contributed by atoms with Crippen LogP contribution < -0.4 is 5.32 Å². The Hall–Kier alpha value is -1.66. The molecule has 1 atom stereocenters. The van der Waals surface area contributed by atoms with Crippen molar-refractivity contribution in [1.29, 1.82) is 0 Å². The molecule has 0 aliphatic carbocycles. The number of nitrogens with one attached hydrogen (secondary N) is 1. The first-order chi connectivity index (χ1) is 11.6. The van der Waals surface area contributed by atoms with Gasteiger partial charge in [0.05, 0.1) is 18.7 Å². The topological polar surface area (TPSA) is 61.0 Å². The number of aliphatic imine (C=N–C) groups is 1. The molecule has 24 heavy (non-hydrogen) atoms. The highest BCUT2D eigenvalue weighted by atomic mass is 32.2. The monoisotopic (exact) mass is 347 g/mol. The quantitative estimate of drug-likeness (QED) is 0.643. The Bertz CT molecular complexity index is 674. The predicted molar refractivity (Wildman–Crippen MR) is 101 cm³/mol. The molecular weight excluding hydrogens is 322 g/mol. The van der Waals surface area contributed by atoms with Gasteiger partial charge in [0, 0.05) is 24.7 Å². The number of guanidine groups is 1. The maximum Gasteiger partial charge on any atom is 0.194 e. The summed E-state index contributed by atoms with van der Waals surface area (Å²) in [6.45, 7) is 3.90. The van der Waals surface area contributed by atoms with Crippen molar-refractivity contribution >= 4 is 28.7 Å². The molecule has 0 bridgehead atoms. The summed E-state index contributed by atoms with van der Waals surface area (Å²) in [7, 11) is 1.99. The van der Waals surface area contributed by atoms with Gasteiger partial charge in [-0.3, -0.25) is 4.99 Å². The number of aliphatic hydroxyl groups is 1. The van der Waals surface area contributed by atoms with Gasteiger partial charge in [0.1, 0.15) is 11.3 Å². The van der Waals surface area contributed by atoms with Crippen LogP contribution in [-0.4, -0.2) is 53.2 Å². The number of fused-ring (bicyclic) bond motifs is 1. The Morgan fingerprint density at radius 1 is 1.46 bits per heavy atom. The molecule has 1 fully saturated rings. The standard InChI is InChI=1S/C18H25N3O2S/c1-3-19-17(20-12-18(22)8-9-24-13-18)21(2)11-15-10-14-6-4-5-7-16(14)23-15/h4-7,10,22H,3,8-9,11-13H2,1-2H3,(H,19,20). The first kappa shape index (κ1) is 17.2. The van der Waals surface area contributed by atoms with Crippen molar-refractivity contribution in [2.24, 2.45) is 4.99 Å². The molecule has 2 N–H and O–H groups in total. The Morgan fingerprint density at radius 2 is 2.29 bits per heavy atom. The summed E-state index contributed by atoms with van der Waals surface area (Å²) in [5.74, 6) is 3.48. The van der Waals surface area contributed by atoms with Crippen LogP contribution >= 0.6 is 11.8 Å². The van der Waals surface area contributed by atoms with Crippen LogP contribution in [0.4, 0.5) is 0 Å². The molecule has 0 amide bonds. The molecule has 0 saturated carbocycles. The van der Waals surface area contributed by atoms with Crippen LogP contribution in [0.5, 0.6) is 0 Å². The largest absolute Gasteiger partial charge is 0.459 e. The lowest BCUT2D eigenvalue weighted by Gasteiger charge is -2.24. The van der Waals surface area contributed by atoms with Crippen molar-refractivity contribution in [3.8, 4) is 0 Å². The molecule has 5 nitrogen and oxygen atoms in total. The second-order valence-corrected chi connectivity index (χ2v) is 7.41. The van der Waals surface area contributed by atoms with Crippen molar-refractivity contribution in [1.82, 2.24) is 10.2 Å². The smallest absolute Gasteiger partial charge is 0.194 e. The fourth-order valence-corrected chi connectivity index (χ4v) is 4.12.